The molecule has 0 saturated carbocycles. The van der Waals surface area contributed by atoms with E-state index in [9.17, 15) is 9.59 Å². The summed E-state index contributed by atoms with van der Waals surface area (Å²) < 4.78 is 12.4. The standard InChI is InChI=1S/C24H26N4O4/c1-16-10-21-22(29)28(18-11-19(31-3)13-20(12-18)32-4)24(2,15-27(21)26-16)23(30)25-14-17-8-6-5-7-9-17/h5-13H,14-15H2,1-4H3,(H,25,30)/t24-/m1/s1. The molecule has 2 heterocycles. The second-order valence-electron chi connectivity index (χ2n) is 7.98. The summed E-state index contributed by atoms with van der Waals surface area (Å²) in [4.78, 5) is 28.7. The molecule has 1 aromatic heterocycles. The van der Waals surface area contributed by atoms with Crippen LogP contribution in [0.15, 0.2) is 54.6 Å². The number of nitrogens with one attached hydrogen (secondary N) is 1. The van der Waals surface area contributed by atoms with Crippen LogP contribution in [0, 0.1) is 6.92 Å². The van der Waals surface area contributed by atoms with Crippen LogP contribution in [0.25, 0.3) is 0 Å². The van der Waals surface area contributed by atoms with Crippen LogP contribution >= 0.6 is 0 Å². The van der Waals surface area contributed by atoms with Crippen molar-refractivity contribution in [2.45, 2.75) is 32.5 Å². The van der Waals surface area contributed by atoms with Gasteiger partial charge in [0.1, 0.15) is 22.7 Å². The normalized spacial score (nSPS) is 17.6. The van der Waals surface area contributed by atoms with Crippen LogP contribution in [0.2, 0.25) is 0 Å². The molecule has 1 N–H and O–H groups in total. The number of benzene rings is 2. The number of anilines is 1. The molecule has 3 aromatic rings. The topological polar surface area (TPSA) is 85.7 Å². The minimum Gasteiger partial charge on any atom is -0.497 e. The summed E-state index contributed by atoms with van der Waals surface area (Å²) >= 11 is 0. The smallest absolute Gasteiger partial charge is 0.277 e. The first-order valence-electron chi connectivity index (χ1n) is 10.3. The van der Waals surface area contributed by atoms with E-state index in [1.807, 2.05) is 37.3 Å². The number of carbonyl (C=O) groups is 2. The van der Waals surface area contributed by atoms with Crippen molar-refractivity contribution in [3.8, 4) is 11.5 Å². The minimum atomic E-state index is -1.23. The molecule has 0 fully saturated rings. The highest BCUT2D eigenvalue weighted by Crippen LogP contribution is 2.37. The van der Waals surface area contributed by atoms with Crippen molar-refractivity contribution in [1.29, 1.82) is 0 Å². The number of nitrogens with zero attached hydrogens (tertiary/aromatic N) is 3. The van der Waals surface area contributed by atoms with Gasteiger partial charge in [-0.3, -0.25) is 19.2 Å². The molecule has 0 bridgehead atoms. The molecule has 0 spiro atoms. The van der Waals surface area contributed by atoms with Crippen molar-refractivity contribution in [2.75, 3.05) is 19.1 Å². The van der Waals surface area contributed by atoms with Crippen molar-refractivity contribution >= 4 is 17.5 Å². The molecule has 0 aliphatic carbocycles. The number of amides is 2. The molecule has 1 atom stereocenters. The molecular weight excluding hydrogens is 408 g/mol. The Hall–Kier alpha value is -3.81. The van der Waals surface area contributed by atoms with Crippen LogP contribution in [0.4, 0.5) is 5.69 Å². The van der Waals surface area contributed by atoms with Gasteiger partial charge in [-0.15, -0.1) is 0 Å². The summed E-state index contributed by atoms with van der Waals surface area (Å²) in [6.07, 6.45) is 0. The summed E-state index contributed by atoms with van der Waals surface area (Å²) in [5.41, 5.74) is 1.39. The second-order valence-corrected chi connectivity index (χ2v) is 7.98. The molecule has 0 saturated heterocycles. The largest absolute Gasteiger partial charge is 0.497 e. The lowest BCUT2D eigenvalue weighted by atomic mass is 9.93. The van der Waals surface area contributed by atoms with E-state index in [-0.39, 0.29) is 18.4 Å². The van der Waals surface area contributed by atoms with Crippen LogP contribution in [-0.4, -0.2) is 41.4 Å². The Morgan fingerprint density at radius 2 is 1.75 bits per heavy atom. The van der Waals surface area contributed by atoms with E-state index in [1.165, 1.54) is 4.90 Å². The van der Waals surface area contributed by atoms with E-state index in [4.69, 9.17) is 9.47 Å². The first-order chi connectivity index (χ1) is 15.4. The lowest BCUT2D eigenvalue weighted by Crippen LogP contribution is -2.64. The van der Waals surface area contributed by atoms with E-state index in [0.29, 0.717) is 35.1 Å². The molecule has 0 unspecified atom stereocenters. The van der Waals surface area contributed by atoms with Crippen molar-refractivity contribution < 1.29 is 19.1 Å². The Labute approximate surface area is 186 Å². The van der Waals surface area contributed by atoms with Gasteiger partial charge in [-0.1, -0.05) is 30.3 Å². The Morgan fingerprint density at radius 1 is 1.09 bits per heavy atom. The molecule has 4 rings (SSSR count). The quantitative estimate of drug-likeness (QED) is 0.645. The summed E-state index contributed by atoms with van der Waals surface area (Å²) in [5.74, 6) is 0.448. The second kappa shape index (κ2) is 8.37. The summed E-state index contributed by atoms with van der Waals surface area (Å²) in [5, 5.41) is 7.42. The highest BCUT2D eigenvalue weighted by molar-refractivity contribution is 6.12. The molecule has 1 aliphatic rings. The van der Waals surface area contributed by atoms with E-state index in [0.717, 1.165) is 5.56 Å². The maximum atomic E-state index is 13.6. The summed E-state index contributed by atoms with van der Waals surface area (Å²) in [6.45, 7) is 4.13. The first-order valence-corrected chi connectivity index (χ1v) is 10.3. The SMILES string of the molecule is COc1cc(OC)cc(N2C(=O)c3cc(C)nn3C[C@]2(C)C(=O)NCc2ccccc2)c1. The Bertz CT molecular complexity index is 1140. The average Bonchev–Trinajstić information content (AvgIpc) is 3.17. The number of carbonyl (C=O) groups excluding carboxylic acids is 2. The molecule has 0 radical (unpaired) electrons. The molecular formula is C24H26N4O4. The van der Waals surface area contributed by atoms with Crippen LogP contribution in [0.5, 0.6) is 11.5 Å². The number of hydrogen-bond acceptors (Lipinski definition) is 5. The van der Waals surface area contributed by atoms with E-state index >= 15 is 0 Å². The van der Waals surface area contributed by atoms with Gasteiger partial charge < -0.3 is 14.8 Å². The third-order valence-electron chi connectivity index (χ3n) is 5.65. The number of fused-ring (bicyclic) bond motifs is 1. The van der Waals surface area contributed by atoms with Crippen molar-refractivity contribution in [3.05, 3.63) is 71.5 Å². The van der Waals surface area contributed by atoms with Gasteiger partial charge in [-0.2, -0.15) is 5.10 Å². The zero-order chi connectivity index (χ0) is 22.9. The van der Waals surface area contributed by atoms with Gasteiger partial charge in [0.15, 0.2) is 0 Å². The number of aromatic nitrogens is 2. The van der Waals surface area contributed by atoms with Gasteiger partial charge in [0.05, 0.1) is 32.1 Å². The predicted molar refractivity (Wildman–Crippen MR) is 120 cm³/mol. The minimum absolute atomic E-state index is 0.210. The monoisotopic (exact) mass is 434 g/mol. The predicted octanol–water partition coefficient (Wildman–Crippen LogP) is 2.94. The molecule has 8 nitrogen and oxygen atoms in total. The number of methoxy groups -OCH3 is 2. The lowest BCUT2D eigenvalue weighted by Gasteiger charge is -2.43. The van der Waals surface area contributed by atoms with Gasteiger partial charge in [-0.05, 0) is 25.5 Å². The lowest BCUT2D eigenvalue weighted by molar-refractivity contribution is -0.126. The number of hydrogen-bond donors (Lipinski definition) is 1. The zero-order valence-corrected chi connectivity index (χ0v) is 18.6. The molecule has 2 amide bonds. The number of aryl methyl sites for hydroxylation is 1. The molecule has 1 aliphatic heterocycles. The number of rotatable bonds is 6. The van der Waals surface area contributed by atoms with E-state index in [2.05, 4.69) is 10.4 Å². The van der Waals surface area contributed by atoms with Crippen molar-refractivity contribution in [3.63, 3.8) is 0 Å². The fourth-order valence-corrected chi connectivity index (χ4v) is 4.00. The maximum absolute atomic E-state index is 13.6. The first kappa shape index (κ1) is 21.4. The summed E-state index contributed by atoms with van der Waals surface area (Å²) in [7, 11) is 3.08. The van der Waals surface area contributed by atoms with Crippen molar-refractivity contribution in [2.24, 2.45) is 0 Å². The third-order valence-corrected chi connectivity index (χ3v) is 5.65. The van der Waals surface area contributed by atoms with Gasteiger partial charge in [0.2, 0.25) is 5.91 Å². The van der Waals surface area contributed by atoms with Crippen LogP contribution < -0.4 is 19.7 Å². The fraction of sp³-hybridized carbons (Fsp3) is 0.292. The van der Waals surface area contributed by atoms with Gasteiger partial charge in [0.25, 0.3) is 5.91 Å². The fourth-order valence-electron chi connectivity index (χ4n) is 4.00. The van der Waals surface area contributed by atoms with Gasteiger partial charge in [0, 0.05) is 24.7 Å². The van der Waals surface area contributed by atoms with E-state index in [1.54, 1.807) is 50.1 Å². The molecule has 32 heavy (non-hydrogen) atoms. The van der Waals surface area contributed by atoms with Gasteiger partial charge in [-0.25, -0.2) is 0 Å². The Morgan fingerprint density at radius 3 is 2.38 bits per heavy atom. The molecule has 2 aromatic carbocycles. The number of ether oxygens (including phenoxy) is 2. The maximum Gasteiger partial charge on any atom is 0.277 e. The van der Waals surface area contributed by atoms with Crippen LogP contribution in [0.1, 0.15) is 28.7 Å². The Kier molecular flexibility index (Phi) is 5.61. The third kappa shape index (κ3) is 3.79. The Balaban J connectivity index is 1.77. The molecule has 166 valence electrons. The zero-order valence-electron chi connectivity index (χ0n) is 18.6. The highest BCUT2D eigenvalue weighted by atomic mass is 16.5. The van der Waals surface area contributed by atoms with Gasteiger partial charge >= 0.3 is 0 Å². The molecule has 8 heteroatoms. The van der Waals surface area contributed by atoms with Crippen molar-refractivity contribution in [1.82, 2.24) is 15.1 Å². The summed E-state index contributed by atoms with van der Waals surface area (Å²) in [6, 6.07) is 16.5. The highest BCUT2D eigenvalue weighted by Gasteiger charge is 2.49. The van der Waals surface area contributed by atoms with E-state index < -0.39 is 5.54 Å². The van der Waals surface area contributed by atoms with Crippen LogP contribution in [0.3, 0.4) is 0 Å². The van der Waals surface area contributed by atoms with Crippen LogP contribution in [-0.2, 0) is 17.9 Å². The average molecular weight is 434 g/mol.